The van der Waals surface area contributed by atoms with Crippen molar-refractivity contribution in [1.29, 1.82) is 0 Å². The number of rotatable bonds is 7. The SMILES string of the molecule is C=CCNc1oc(-c2ccc(OC)cc2)nc1S(=O)(=O)c1ccc(Cl)cc1. The number of oxazole rings is 1. The highest BCUT2D eigenvalue weighted by molar-refractivity contribution is 7.91. The number of hydrogen-bond donors (Lipinski definition) is 1. The van der Waals surface area contributed by atoms with E-state index in [0.717, 1.165) is 0 Å². The van der Waals surface area contributed by atoms with Gasteiger partial charge in [-0.25, -0.2) is 8.42 Å². The molecule has 1 N–H and O–H groups in total. The average Bonchev–Trinajstić information content (AvgIpc) is 3.12. The van der Waals surface area contributed by atoms with Gasteiger partial charge in [-0.1, -0.05) is 17.7 Å². The molecule has 6 nitrogen and oxygen atoms in total. The summed E-state index contributed by atoms with van der Waals surface area (Å²) in [5.74, 6) is 0.900. The van der Waals surface area contributed by atoms with Crippen LogP contribution in [0.1, 0.15) is 0 Å². The van der Waals surface area contributed by atoms with Gasteiger partial charge in [0.1, 0.15) is 5.75 Å². The summed E-state index contributed by atoms with van der Waals surface area (Å²) in [5, 5.41) is 3.13. The molecule has 140 valence electrons. The van der Waals surface area contributed by atoms with Crippen LogP contribution in [-0.4, -0.2) is 27.1 Å². The summed E-state index contributed by atoms with van der Waals surface area (Å²) in [6.07, 6.45) is 1.59. The minimum atomic E-state index is -3.90. The molecule has 0 radical (unpaired) electrons. The molecule has 0 spiro atoms. The van der Waals surface area contributed by atoms with Crippen molar-refractivity contribution in [2.24, 2.45) is 0 Å². The fraction of sp³-hybridized carbons (Fsp3) is 0.105. The number of benzene rings is 2. The summed E-state index contributed by atoms with van der Waals surface area (Å²) >= 11 is 5.85. The number of nitrogens with one attached hydrogen (secondary N) is 1. The highest BCUT2D eigenvalue weighted by atomic mass is 35.5. The van der Waals surface area contributed by atoms with E-state index in [-0.39, 0.29) is 21.7 Å². The van der Waals surface area contributed by atoms with Crippen molar-refractivity contribution in [1.82, 2.24) is 4.98 Å². The lowest BCUT2D eigenvalue weighted by Crippen LogP contribution is -2.07. The first-order valence-electron chi connectivity index (χ1n) is 7.96. The summed E-state index contributed by atoms with van der Waals surface area (Å²) in [7, 11) is -2.34. The number of methoxy groups -OCH3 is 1. The Kier molecular flexibility index (Phi) is 5.53. The van der Waals surface area contributed by atoms with Gasteiger partial charge in [-0.05, 0) is 48.5 Å². The molecule has 0 aliphatic heterocycles. The smallest absolute Gasteiger partial charge is 0.234 e. The Morgan fingerprint density at radius 1 is 1.19 bits per heavy atom. The van der Waals surface area contributed by atoms with Crippen LogP contribution in [0.25, 0.3) is 11.5 Å². The molecule has 0 bridgehead atoms. The van der Waals surface area contributed by atoms with Crippen LogP contribution in [0.5, 0.6) is 5.75 Å². The molecule has 0 atom stereocenters. The Labute approximate surface area is 162 Å². The second-order valence-electron chi connectivity index (χ2n) is 5.51. The Bertz CT molecular complexity index is 1040. The van der Waals surface area contributed by atoms with Gasteiger partial charge < -0.3 is 14.5 Å². The number of ether oxygens (including phenoxy) is 1. The van der Waals surface area contributed by atoms with Crippen LogP contribution >= 0.6 is 11.6 Å². The number of aromatic nitrogens is 1. The van der Waals surface area contributed by atoms with Gasteiger partial charge in [-0.2, -0.15) is 4.98 Å². The van der Waals surface area contributed by atoms with Crippen molar-refractivity contribution >= 4 is 27.3 Å². The van der Waals surface area contributed by atoms with Gasteiger partial charge in [-0.3, -0.25) is 0 Å². The second-order valence-corrected chi connectivity index (χ2v) is 7.81. The van der Waals surface area contributed by atoms with Gasteiger partial charge >= 0.3 is 0 Å². The summed E-state index contributed by atoms with van der Waals surface area (Å²) in [4.78, 5) is 4.31. The third kappa shape index (κ3) is 3.99. The maximum atomic E-state index is 13.0. The van der Waals surface area contributed by atoms with Crippen molar-refractivity contribution in [3.8, 4) is 17.2 Å². The number of sulfone groups is 1. The molecule has 27 heavy (non-hydrogen) atoms. The molecule has 0 aliphatic rings. The molecule has 3 rings (SSSR count). The maximum absolute atomic E-state index is 13.0. The van der Waals surface area contributed by atoms with E-state index in [4.69, 9.17) is 20.8 Å². The lowest BCUT2D eigenvalue weighted by atomic mass is 10.2. The van der Waals surface area contributed by atoms with E-state index in [1.54, 1.807) is 37.5 Å². The molecule has 0 saturated heterocycles. The van der Waals surface area contributed by atoms with Crippen LogP contribution in [0.3, 0.4) is 0 Å². The highest BCUT2D eigenvalue weighted by Crippen LogP contribution is 2.33. The lowest BCUT2D eigenvalue weighted by molar-refractivity contribution is 0.415. The topological polar surface area (TPSA) is 81.4 Å². The first-order chi connectivity index (χ1) is 13.0. The van der Waals surface area contributed by atoms with Gasteiger partial charge in [0.05, 0.1) is 12.0 Å². The molecule has 3 aromatic rings. The van der Waals surface area contributed by atoms with Crippen LogP contribution in [0, 0.1) is 0 Å². The largest absolute Gasteiger partial charge is 0.497 e. The van der Waals surface area contributed by atoms with Gasteiger partial charge in [0.15, 0.2) is 0 Å². The van der Waals surface area contributed by atoms with Crippen molar-refractivity contribution in [3.05, 3.63) is 66.2 Å². The standard InChI is InChI=1S/C19H17ClN2O4S/c1-3-12-21-18-19(27(23,24)16-10-6-14(20)7-11-16)22-17(26-18)13-4-8-15(25-2)9-5-13/h3-11,21H,1,12H2,2H3. The first-order valence-corrected chi connectivity index (χ1v) is 9.82. The highest BCUT2D eigenvalue weighted by Gasteiger charge is 2.28. The zero-order valence-electron chi connectivity index (χ0n) is 14.5. The van der Waals surface area contributed by atoms with Crippen molar-refractivity contribution in [2.45, 2.75) is 9.92 Å². The zero-order valence-corrected chi connectivity index (χ0v) is 16.0. The van der Waals surface area contributed by atoms with Crippen molar-refractivity contribution in [3.63, 3.8) is 0 Å². The van der Waals surface area contributed by atoms with Crippen LogP contribution in [0.4, 0.5) is 5.88 Å². The van der Waals surface area contributed by atoms with E-state index in [9.17, 15) is 8.42 Å². The number of nitrogens with zero attached hydrogens (tertiary/aromatic N) is 1. The predicted molar refractivity (Wildman–Crippen MR) is 104 cm³/mol. The van der Waals surface area contributed by atoms with E-state index < -0.39 is 9.84 Å². The molecule has 0 unspecified atom stereocenters. The third-order valence-electron chi connectivity index (χ3n) is 3.72. The average molecular weight is 405 g/mol. The molecule has 8 heteroatoms. The quantitative estimate of drug-likeness (QED) is 0.586. The van der Waals surface area contributed by atoms with Crippen LogP contribution in [0.2, 0.25) is 5.02 Å². The van der Waals surface area contributed by atoms with Crippen molar-refractivity contribution in [2.75, 3.05) is 19.0 Å². The van der Waals surface area contributed by atoms with Gasteiger partial charge in [0.25, 0.3) is 0 Å². The minimum absolute atomic E-state index is 0.0515. The molecular formula is C19H17ClN2O4S. The lowest BCUT2D eigenvalue weighted by Gasteiger charge is -2.04. The first kappa shape index (κ1) is 19.0. The second kappa shape index (κ2) is 7.85. The monoisotopic (exact) mass is 404 g/mol. The summed E-state index contributed by atoms with van der Waals surface area (Å²) < 4.78 is 36.9. The number of anilines is 1. The Morgan fingerprint density at radius 2 is 1.85 bits per heavy atom. The fourth-order valence-corrected chi connectivity index (χ4v) is 3.75. The molecule has 1 heterocycles. The van der Waals surface area contributed by atoms with Crippen LogP contribution < -0.4 is 10.1 Å². The van der Waals surface area contributed by atoms with E-state index >= 15 is 0 Å². The molecule has 1 aromatic heterocycles. The molecule has 0 aliphatic carbocycles. The summed E-state index contributed by atoms with van der Waals surface area (Å²) in [6, 6.07) is 12.8. The van der Waals surface area contributed by atoms with E-state index in [2.05, 4.69) is 16.9 Å². The van der Waals surface area contributed by atoms with Crippen LogP contribution in [-0.2, 0) is 9.84 Å². The zero-order chi connectivity index (χ0) is 19.4. The molecule has 2 aromatic carbocycles. The van der Waals surface area contributed by atoms with Gasteiger partial charge in [0, 0.05) is 17.1 Å². The fourth-order valence-electron chi connectivity index (χ4n) is 2.35. The number of hydrogen-bond acceptors (Lipinski definition) is 6. The molecule has 0 saturated carbocycles. The third-order valence-corrected chi connectivity index (χ3v) is 5.65. The van der Waals surface area contributed by atoms with Gasteiger partial charge in [-0.15, -0.1) is 6.58 Å². The summed E-state index contributed by atoms with van der Waals surface area (Å²) in [5.41, 5.74) is 0.620. The minimum Gasteiger partial charge on any atom is -0.497 e. The normalized spacial score (nSPS) is 11.2. The van der Waals surface area contributed by atoms with E-state index in [1.165, 1.54) is 24.3 Å². The molecule has 0 amide bonds. The molecular weight excluding hydrogens is 388 g/mol. The van der Waals surface area contributed by atoms with E-state index in [1.807, 2.05) is 0 Å². The summed E-state index contributed by atoms with van der Waals surface area (Å²) in [6.45, 7) is 3.94. The van der Waals surface area contributed by atoms with E-state index in [0.29, 0.717) is 22.9 Å². The Morgan fingerprint density at radius 3 is 2.44 bits per heavy atom. The van der Waals surface area contributed by atoms with Gasteiger partial charge in [0.2, 0.25) is 26.6 Å². The molecule has 0 fully saturated rings. The van der Waals surface area contributed by atoms with Crippen LogP contribution in [0.15, 0.2) is 75.5 Å². The van der Waals surface area contributed by atoms with Crippen molar-refractivity contribution < 1.29 is 17.6 Å². The predicted octanol–water partition coefficient (Wildman–Crippen LogP) is 4.43. The number of halogens is 1. The Hall–Kier alpha value is -2.77. The Balaban J connectivity index is 2.08. The maximum Gasteiger partial charge on any atom is 0.234 e.